The first kappa shape index (κ1) is 15.6. The van der Waals surface area contributed by atoms with E-state index in [0.717, 1.165) is 12.3 Å². The number of pyridine rings is 1. The average Bonchev–Trinajstić information content (AvgIpc) is 2.59. The lowest BCUT2D eigenvalue weighted by Gasteiger charge is -2.26. The summed E-state index contributed by atoms with van der Waals surface area (Å²) in [5.74, 6) is 0.241. The molecule has 1 aliphatic heterocycles. The molecule has 1 aliphatic rings. The summed E-state index contributed by atoms with van der Waals surface area (Å²) in [6.07, 6.45) is -3.97. The molecule has 4 nitrogen and oxygen atoms in total. The summed E-state index contributed by atoms with van der Waals surface area (Å²) in [6, 6.07) is 0.759. The van der Waals surface area contributed by atoms with Crippen molar-refractivity contribution < 1.29 is 22.7 Å². The fraction of sp³-hybridized carbons (Fsp3) is 0.571. The molecule has 0 bridgehead atoms. The van der Waals surface area contributed by atoms with Crippen LogP contribution in [0.1, 0.15) is 38.8 Å². The Hall–Kier alpha value is -1.79. The molecule has 1 amide bonds. The Balaban J connectivity index is 2.32. The monoisotopic (exact) mass is 302 g/mol. The summed E-state index contributed by atoms with van der Waals surface area (Å²) in [5, 5.41) is 0. The largest absolute Gasteiger partial charge is 0.443 e. The minimum absolute atomic E-state index is 0.241. The maximum absolute atomic E-state index is 12.7. The molecule has 0 aliphatic carbocycles. The SMILES string of the molecule is CC1Cc2cc(C(F)(F)F)cnc2N1C(=O)OC(C)(C)C. The number of alkyl halides is 3. The van der Waals surface area contributed by atoms with Gasteiger partial charge in [0, 0.05) is 12.2 Å². The number of carbonyl (C=O) groups excluding carboxylic acids is 1. The Kier molecular flexibility index (Phi) is 3.63. The molecule has 0 radical (unpaired) electrons. The molecule has 0 fully saturated rings. The van der Waals surface area contributed by atoms with Gasteiger partial charge in [0.25, 0.3) is 0 Å². The van der Waals surface area contributed by atoms with Crippen molar-refractivity contribution in [2.75, 3.05) is 4.90 Å². The highest BCUT2D eigenvalue weighted by molar-refractivity contribution is 5.90. The molecule has 0 saturated carbocycles. The van der Waals surface area contributed by atoms with Crippen LogP contribution in [0.15, 0.2) is 12.3 Å². The third kappa shape index (κ3) is 3.28. The second-order valence-corrected chi connectivity index (χ2v) is 6.11. The molecule has 2 rings (SSSR count). The first-order valence-electron chi connectivity index (χ1n) is 6.57. The summed E-state index contributed by atoms with van der Waals surface area (Å²) in [6.45, 7) is 6.94. The highest BCUT2D eigenvalue weighted by atomic mass is 19.4. The first-order valence-corrected chi connectivity index (χ1v) is 6.57. The zero-order chi connectivity index (χ0) is 16.0. The predicted octanol–water partition coefficient (Wildman–Crippen LogP) is 3.79. The number of anilines is 1. The number of hydrogen-bond donors (Lipinski definition) is 0. The van der Waals surface area contributed by atoms with Gasteiger partial charge in [-0.2, -0.15) is 13.2 Å². The summed E-state index contributed by atoms with van der Waals surface area (Å²) in [7, 11) is 0. The molecule has 0 spiro atoms. The van der Waals surface area contributed by atoms with Gasteiger partial charge >= 0.3 is 12.3 Å². The van der Waals surface area contributed by atoms with Crippen LogP contribution in [0.25, 0.3) is 0 Å². The smallest absolute Gasteiger partial charge is 0.417 e. The number of amides is 1. The van der Waals surface area contributed by atoms with Crippen molar-refractivity contribution in [1.29, 1.82) is 0 Å². The third-order valence-corrected chi connectivity index (χ3v) is 3.04. The van der Waals surface area contributed by atoms with Crippen LogP contribution in [0.2, 0.25) is 0 Å². The van der Waals surface area contributed by atoms with E-state index < -0.39 is 23.4 Å². The van der Waals surface area contributed by atoms with Crippen molar-refractivity contribution in [2.45, 2.75) is 51.9 Å². The molecular weight excluding hydrogens is 285 g/mol. The third-order valence-electron chi connectivity index (χ3n) is 3.04. The van der Waals surface area contributed by atoms with E-state index in [4.69, 9.17) is 4.74 Å². The summed E-state index contributed by atoms with van der Waals surface area (Å²) < 4.78 is 43.3. The van der Waals surface area contributed by atoms with Gasteiger partial charge in [-0.25, -0.2) is 9.78 Å². The molecule has 0 aromatic carbocycles. The molecule has 0 saturated heterocycles. The Bertz CT molecular complexity index is 564. The molecule has 116 valence electrons. The fourth-order valence-electron chi connectivity index (χ4n) is 2.22. The minimum Gasteiger partial charge on any atom is -0.443 e. The van der Waals surface area contributed by atoms with E-state index in [-0.39, 0.29) is 11.9 Å². The van der Waals surface area contributed by atoms with E-state index in [1.165, 1.54) is 4.90 Å². The number of ether oxygens (including phenoxy) is 1. The molecular formula is C14H17F3N2O2. The normalized spacial score (nSPS) is 18.6. The lowest BCUT2D eigenvalue weighted by atomic mass is 10.1. The molecule has 0 N–H and O–H groups in total. The van der Waals surface area contributed by atoms with Gasteiger partial charge in [0.15, 0.2) is 0 Å². The number of hydrogen-bond acceptors (Lipinski definition) is 3. The van der Waals surface area contributed by atoms with E-state index in [0.29, 0.717) is 12.0 Å². The minimum atomic E-state index is -4.44. The van der Waals surface area contributed by atoms with Crippen LogP contribution >= 0.6 is 0 Å². The van der Waals surface area contributed by atoms with Crippen LogP contribution < -0.4 is 4.90 Å². The molecule has 1 atom stereocenters. The summed E-state index contributed by atoms with van der Waals surface area (Å²) in [5.41, 5.74) is -1.08. The highest BCUT2D eigenvalue weighted by Crippen LogP contribution is 2.36. The molecule has 21 heavy (non-hydrogen) atoms. The van der Waals surface area contributed by atoms with Gasteiger partial charge in [-0.15, -0.1) is 0 Å². The van der Waals surface area contributed by atoms with Crippen LogP contribution in [0.4, 0.5) is 23.8 Å². The van der Waals surface area contributed by atoms with Gasteiger partial charge < -0.3 is 4.74 Å². The van der Waals surface area contributed by atoms with Gasteiger partial charge in [0.2, 0.25) is 0 Å². The van der Waals surface area contributed by atoms with Crippen molar-refractivity contribution in [1.82, 2.24) is 4.98 Å². The highest BCUT2D eigenvalue weighted by Gasteiger charge is 2.38. The molecule has 7 heteroatoms. The van der Waals surface area contributed by atoms with Gasteiger partial charge in [-0.05, 0) is 45.7 Å². The Morgan fingerprint density at radius 3 is 2.52 bits per heavy atom. The van der Waals surface area contributed by atoms with Crippen molar-refractivity contribution in [3.05, 3.63) is 23.4 Å². The van der Waals surface area contributed by atoms with Crippen molar-refractivity contribution >= 4 is 11.9 Å². The van der Waals surface area contributed by atoms with Crippen LogP contribution in [0.3, 0.4) is 0 Å². The molecule has 1 unspecified atom stereocenters. The van der Waals surface area contributed by atoms with Crippen LogP contribution in [0, 0.1) is 0 Å². The molecule has 2 heterocycles. The maximum atomic E-state index is 12.7. The van der Waals surface area contributed by atoms with E-state index in [2.05, 4.69) is 4.98 Å². The zero-order valence-electron chi connectivity index (χ0n) is 12.3. The lowest BCUT2D eigenvalue weighted by Crippen LogP contribution is -2.40. The van der Waals surface area contributed by atoms with Gasteiger partial charge in [0.05, 0.1) is 5.56 Å². The van der Waals surface area contributed by atoms with E-state index >= 15 is 0 Å². The van der Waals surface area contributed by atoms with E-state index in [9.17, 15) is 18.0 Å². The summed E-state index contributed by atoms with van der Waals surface area (Å²) in [4.78, 5) is 17.3. The van der Waals surface area contributed by atoms with Crippen molar-refractivity contribution in [3.63, 3.8) is 0 Å². The standard InChI is InChI=1S/C14H17F3N2O2/c1-8-5-9-6-10(14(15,16)17)7-18-11(9)19(8)12(20)21-13(2,3)4/h6-8H,5H2,1-4H3. The molecule has 1 aromatic heterocycles. The van der Waals surface area contributed by atoms with Crippen molar-refractivity contribution in [2.24, 2.45) is 0 Å². The number of aromatic nitrogens is 1. The zero-order valence-corrected chi connectivity index (χ0v) is 12.3. The quantitative estimate of drug-likeness (QED) is 0.732. The fourth-order valence-corrected chi connectivity index (χ4v) is 2.22. The Morgan fingerprint density at radius 2 is 2.00 bits per heavy atom. The van der Waals surface area contributed by atoms with Gasteiger partial charge in [-0.3, -0.25) is 4.90 Å². The maximum Gasteiger partial charge on any atom is 0.417 e. The number of fused-ring (bicyclic) bond motifs is 1. The summed E-state index contributed by atoms with van der Waals surface area (Å²) >= 11 is 0. The van der Waals surface area contributed by atoms with E-state index in [1.807, 2.05) is 0 Å². The second kappa shape index (κ2) is 4.89. The first-order chi connectivity index (χ1) is 9.49. The number of halogens is 3. The lowest BCUT2D eigenvalue weighted by molar-refractivity contribution is -0.137. The van der Waals surface area contributed by atoms with Gasteiger partial charge in [0.1, 0.15) is 11.4 Å². The van der Waals surface area contributed by atoms with Crippen LogP contribution in [0.5, 0.6) is 0 Å². The predicted molar refractivity (Wildman–Crippen MR) is 71.1 cm³/mol. The number of nitrogens with zero attached hydrogens (tertiary/aromatic N) is 2. The average molecular weight is 302 g/mol. The van der Waals surface area contributed by atoms with Crippen LogP contribution in [-0.2, 0) is 17.3 Å². The Morgan fingerprint density at radius 1 is 1.38 bits per heavy atom. The second-order valence-electron chi connectivity index (χ2n) is 6.11. The van der Waals surface area contributed by atoms with E-state index in [1.54, 1.807) is 27.7 Å². The number of rotatable bonds is 0. The topological polar surface area (TPSA) is 42.4 Å². The number of carbonyl (C=O) groups is 1. The van der Waals surface area contributed by atoms with Crippen LogP contribution in [-0.4, -0.2) is 22.7 Å². The van der Waals surface area contributed by atoms with Gasteiger partial charge in [-0.1, -0.05) is 0 Å². The Labute approximate surface area is 120 Å². The van der Waals surface area contributed by atoms with Crippen molar-refractivity contribution in [3.8, 4) is 0 Å². The molecule has 1 aromatic rings.